The summed E-state index contributed by atoms with van der Waals surface area (Å²) in [5.74, 6) is 1.01. The topological polar surface area (TPSA) is 97.6 Å². The van der Waals surface area contributed by atoms with Crippen LogP contribution in [0.25, 0.3) is 0 Å². The van der Waals surface area contributed by atoms with E-state index in [1.54, 1.807) is 29.2 Å². The van der Waals surface area contributed by atoms with Crippen LogP contribution in [0.15, 0.2) is 59.1 Å². The molecule has 3 aromatic rings. The molecular weight excluding hydrogens is 384 g/mol. The molecule has 8 nitrogen and oxygen atoms in total. The van der Waals surface area contributed by atoms with Gasteiger partial charge in [-0.25, -0.2) is 0 Å². The number of anilines is 1. The van der Waals surface area contributed by atoms with Gasteiger partial charge in [0.1, 0.15) is 5.75 Å². The zero-order chi connectivity index (χ0) is 20.9. The third-order valence-corrected chi connectivity index (χ3v) is 4.87. The fraction of sp³-hybridized carbons (Fsp3) is 0.273. The monoisotopic (exact) mass is 406 g/mol. The minimum absolute atomic E-state index is 0.0177. The van der Waals surface area contributed by atoms with Crippen LogP contribution < -0.4 is 15.0 Å². The summed E-state index contributed by atoms with van der Waals surface area (Å²) in [7, 11) is 0. The number of nitrogens with zero attached hydrogens (tertiary/aromatic N) is 3. The van der Waals surface area contributed by atoms with Crippen LogP contribution in [0.3, 0.4) is 0 Å². The lowest BCUT2D eigenvalue weighted by Gasteiger charge is -2.19. The summed E-state index contributed by atoms with van der Waals surface area (Å²) in [6.07, 6.45) is 0.288. The molecule has 1 saturated heterocycles. The van der Waals surface area contributed by atoms with E-state index in [-0.39, 0.29) is 30.7 Å². The van der Waals surface area contributed by atoms with Crippen molar-refractivity contribution in [2.24, 2.45) is 0 Å². The highest BCUT2D eigenvalue weighted by Crippen LogP contribution is 2.35. The molecule has 1 aliphatic heterocycles. The molecule has 1 atom stereocenters. The Morgan fingerprint density at radius 2 is 1.97 bits per heavy atom. The summed E-state index contributed by atoms with van der Waals surface area (Å²) in [6.45, 7) is 2.99. The van der Waals surface area contributed by atoms with Gasteiger partial charge in [0.05, 0.1) is 18.8 Å². The van der Waals surface area contributed by atoms with E-state index < -0.39 is 0 Å². The zero-order valence-electron chi connectivity index (χ0n) is 16.6. The molecule has 1 fully saturated rings. The standard InChI is InChI=1S/C22H22N4O4/c1-2-29-18-11-7-6-10-17(18)26-14-16(12-20(26)27)21-24-19(30-25-21)13-23-22(28)15-8-4-3-5-9-15/h3-11,16H,2,12-14H2,1H3,(H,23,28). The highest BCUT2D eigenvalue weighted by molar-refractivity contribution is 5.97. The maximum absolute atomic E-state index is 12.6. The van der Waals surface area contributed by atoms with E-state index in [1.807, 2.05) is 37.3 Å². The quantitative estimate of drug-likeness (QED) is 0.648. The van der Waals surface area contributed by atoms with Crippen LogP contribution in [0.4, 0.5) is 5.69 Å². The first kappa shape index (κ1) is 19.6. The number of carbonyl (C=O) groups is 2. The van der Waals surface area contributed by atoms with Gasteiger partial charge in [-0.05, 0) is 31.2 Å². The molecule has 0 spiro atoms. The van der Waals surface area contributed by atoms with Gasteiger partial charge in [-0.2, -0.15) is 4.98 Å². The largest absolute Gasteiger partial charge is 0.492 e. The van der Waals surface area contributed by atoms with E-state index in [0.29, 0.717) is 36.2 Å². The van der Waals surface area contributed by atoms with Crippen molar-refractivity contribution in [2.75, 3.05) is 18.1 Å². The first-order chi connectivity index (χ1) is 14.7. The fourth-order valence-corrected chi connectivity index (χ4v) is 3.42. The van der Waals surface area contributed by atoms with Crippen LogP contribution in [-0.2, 0) is 11.3 Å². The molecule has 0 aliphatic carbocycles. The molecule has 2 aromatic carbocycles. The summed E-state index contributed by atoms with van der Waals surface area (Å²) >= 11 is 0. The number of nitrogens with one attached hydrogen (secondary N) is 1. The normalized spacial score (nSPS) is 16.0. The molecule has 4 rings (SSSR count). The molecule has 1 N–H and O–H groups in total. The molecule has 30 heavy (non-hydrogen) atoms. The Bertz CT molecular complexity index is 1030. The smallest absolute Gasteiger partial charge is 0.251 e. The molecular formula is C22H22N4O4. The number of aromatic nitrogens is 2. The van der Waals surface area contributed by atoms with Crippen molar-refractivity contribution in [2.45, 2.75) is 25.8 Å². The summed E-state index contributed by atoms with van der Waals surface area (Å²) in [6, 6.07) is 16.4. The van der Waals surface area contributed by atoms with Crippen molar-refractivity contribution in [3.63, 3.8) is 0 Å². The number of ether oxygens (including phenoxy) is 1. The molecule has 0 radical (unpaired) electrons. The predicted octanol–water partition coefficient (Wildman–Crippen LogP) is 2.92. The van der Waals surface area contributed by atoms with Crippen LogP contribution in [0.5, 0.6) is 5.75 Å². The minimum Gasteiger partial charge on any atom is -0.492 e. The Labute approximate surface area is 173 Å². The molecule has 1 aliphatic rings. The number of amides is 2. The number of hydrogen-bond donors (Lipinski definition) is 1. The van der Waals surface area contributed by atoms with E-state index in [4.69, 9.17) is 9.26 Å². The Kier molecular flexibility index (Phi) is 5.74. The second-order valence-electron chi connectivity index (χ2n) is 6.90. The SMILES string of the molecule is CCOc1ccccc1N1CC(c2noc(CNC(=O)c3ccccc3)n2)CC1=O. The Morgan fingerprint density at radius 1 is 1.20 bits per heavy atom. The second-order valence-corrected chi connectivity index (χ2v) is 6.90. The Balaban J connectivity index is 1.41. The lowest BCUT2D eigenvalue weighted by atomic mass is 10.1. The minimum atomic E-state index is -0.217. The highest BCUT2D eigenvalue weighted by Gasteiger charge is 2.35. The van der Waals surface area contributed by atoms with E-state index in [2.05, 4.69) is 15.5 Å². The lowest BCUT2D eigenvalue weighted by Crippen LogP contribution is -2.25. The number of benzene rings is 2. The van der Waals surface area contributed by atoms with E-state index in [9.17, 15) is 9.59 Å². The van der Waals surface area contributed by atoms with Crippen molar-refractivity contribution in [3.8, 4) is 5.75 Å². The van der Waals surface area contributed by atoms with Gasteiger partial charge in [-0.1, -0.05) is 35.5 Å². The third-order valence-electron chi connectivity index (χ3n) is 4.87. The maximum Gasteiger partial charge on any atom is 0.251 e. The molecule has 1 unspecified atom stereocenters. The van der Waals surface area contributed by atoms with Crippen molar-refractivity contribution in [3.05, 3.63) is 71.9 Å². The van der Waals surface area contributed by atoms with Gasteiger partial charge in [0.2, 0.25) is 11.8 Å². The summed E-state index contributed by atoms with van der Waals surface area (Å²) in [5.41, 5.74) is 1.30. The number of carbonyl (C=O) groups excluding carboxylic acids is 2. The Hall–Kier alpha value is -3.68. The van der Waals surface area contributed by atoms with Gasteiger partial charge in [0.25, 0.3) is 5.91 Å². The number of hydrogen-bond acceptors (Lipinski definition) is 6. The van der Waals surface area contributed by atoms with Crippen molar-refractivity contribution >= 4 is 17.5 Å². The van der Waals surface area contributed by atoms with E-state index in [0.717, 1.165) is 5.69 Å². The van der Waals surface area contributed by atoms with Gasteiger partial charge >= 0.3 is 0 Å². The number of para-hydroxylation sites is 2. The molecule has 154 valence electrons. The highest BCUT2D eigenvalue weighted by atomic mass is 16.5. The summed E-state index contributed by atoms with van der Waals surface area (Å²) in [5, 5.41) is 6.78. The average molecular weight is 406 g/mol. The van der Waals surface area contributed by atoms with Crippen LogP contribution in [-0.4, -0.2) is 35.1 Å². The van der Waals surface area contributed by atoms with Crippen LogP contribution in [0, 0.1) is 0 Å². The lowest BCUT2D eigenvalue weighted by molar-refractivity contribution is -0.117. The third kappa shape index (κ3) is 4.17. The first-order valence-corrected chi connectivity index (χ1v) is 9.83. The van der Waals surface area contributed by atoms with Gasteiger partial charge < -0.3 is 19.5 Å². The van der Waals surface area contributed by atoms with Crippen molar-refractivity contribution in [1.29, 1.82) is 0 Å². The van der Waals surface area contributed by atoms with Crippen molar-refractivity contribution < 1.29 is 18.8 Å². The maximum atomic E-state index is 12.6. The summed E-state index contributed by atoms with van der Waals surface area (Å²) in [4.78, 5) is 30.8. The Morgan fingerprint density at radius 3 is 2.77 bits per heavy atom. The van der Waals surface area contributed by atoms with Crippen LogP contribution in [0.1, 0.15) is 41.3 Å². The van der Waals surface area contributed by atoms with Gasteiger partial charge in [0, 0.05) is 24.4 Å². The molecule has 1 aromatic heterocycles. The number of rotatable bonds is 7. The van der Waals surface area contributed by atoms with Crippen LogP contribution in [0.2, 0.25) is 0 Å². The average Bonchev–Trinajstić information content (AvgIpc) is 3.40. The van der Waals surface area contributed by atoms with Crippen molar-refractivity contribution in [1.82, 2.24) is 15.5 Å². The molecule has 2 amide bonds. The fourth-order valence-electron chi connectivity index (χ4n) is 3.42. The molecule has 8 heteroatoms. The second kappa shape index (κ2) is 8.77. The van der Waals surface area contributed by atoms with E-state index >= 15 is 0 Å². The van der Waals surface area contributed by atoms with Crippen LogP contribution >= 0.6 is 0 Å². The predicted molar refractivity (Wildman–Crippen MR) is 109 cm³/mol. The van der Waals surface area contributed by atoms with Gasteiger partial charge in [-0.3, -0.25) is 9.59 Å². The van der Waals surface area contributed by atoms with Gasteiger partial charge in [-0.15, -0.1) is 0 Å². The van der Waals surface area contributed by atoms with Gasteiger partial charge in [0.15, 0.2) is 5.82 Å². The molecule has 0 bridgehead atoms. The zero-order valence-corrected chi connectivity index (χ0v) is 16.6. The molecule has 2 heterocycles. The van der Waals surface area contributed by atoms with E-state index in [1.165, 1.54) is 0 Å². The molecule has 0 saturated carbocycles. The summed E-state index contributed by atoms with van der Waals surface area (Å²) < 4.78 is 10.9. The first-order valence-electron chi connectivity index (χ1n) is 9.83.